The SMILES string of the molecule is CCC1(C(C)C)CCCC(C=O)O1. The summed E-state index contributed by atoms with van der Waals surface area (Å²) in [6.45, 7) is 6.50. The Kier molecular flexibility index (Phi) is 3.48. The molecular formula is C11H20O2. The van der Waals surface area contributed by atoms with Gasteiger partial charge in [0.05, 0.1) is 5.60 Å². The van der Waals surface area contributed by atoms with Crippen molar-refractivity contribution in [2.24, 2.45) is 5.92 Å². The third kappa shape index (κ3) is 2.11. The van der Waals surface area contributed by atoms with E-state index >= 15 is 0 Å². The first-order valence-electron chi connectivity index (χ1n) is 5.27. The van der Waals surface area contributed by atoms with Crippen LogP contribution in [0.2, 0.25) is 0 Å². The molecule has 0 aromatic carbocycles. The number of carbonyl (C=O) groups is 1. The first-order chi connectivity index (χ1) is 6.14. The molecule has 0 bridgehead atoms. The molecule has 0 aromatic heterocycles. The van der Waals surface area contributed by atoms with E-state index in [9.17, 15) is 4.79 Å². The molecule has 2 nitrogen and oxygen atoms in total. The van der Waals surface area contributed by atoms with Crippen molar-refractivity contribution in [3.05, 3.63) is 0 Å². The van der Waals surface area contributed by atoms with Crippen molar-refractivity contribution in [1.82, 2.24) is 0 Å². The Morgan fingerprint density at radius 3 is 2.77 bits per heavy atom. The van der Waals surface area contributed by atoms with E-state index in [2.05, 4.69) is 20.8 Å². The Bertz CT molecular complexity index is 177. The van der Waals surface area contributed by atoms with E-state index in [1.54, 1.807) is 0 Å². The summed E-state index contributed by atoms with van der Waals surface area (Å²) in [5, 5.41) is 0. The Morgan fingerprint density at radius 2 is 2.31 bits per heavy atom. The lowest BCUT2D eigenvalue weighted by Gasteiger charge is -2.42. The van der Waals surface area contributed by atoms with Gasteiger partial charge in [0.15, 0.2) is 0 Å². The lowest BCUT2D eigenvalue weighted by Crippen LogP contribution is -2.44. The third-order valence-electron chi connectivity index (χ3n) is 3.28. The molecule has 0 N–H and O–H groups in total. The topological polar surface area (TPSA) is 26.3 Å². The molecule has 2 heteroatoms. The predicted molar refractivity (Wildman–Crippen MR) is 52.6 cm³/mol. The van der Waals surface area contributed by atoms with Gasteiger partial charge in [-0.2, -0.15) is 0 Å². The fourth-order valence-corrected chi connectivity index (χ4v) is 2.21. The van der Waals surface area contributed by atoms with E-state index < -0.39 is 0 Å². The van der Waals surface area contributed by atoms with Crippen molar-refractivity contribution in [2.75, 3.05) is 0 Å². The van der Waals surface area contributed by atoms with Crippen molar-refractivity contribution >= 4 is 6.29 Å². The van der Waals surface area contributed by atoms with Gasteiger partial charge in [-0.1, -0.05) is 20.8 Å². The van der Waals surface area contributed by atoms with Crippen LogP contribution in [0.15, 0.2) is 0 Å². The summed E-state index contributed by atoms with van der Waals surface area (Å²) in [7, 11) is 0. The molecule has 1 heterocycles. The minimum absolute atomic E-state index is 0.0379. The maximum Gasteiger partial charge on any atom is 0.148 e. The van der Waals surface area contributed by atoms with E-state index in [4.69, 9.17) is 4.74 Å². The second-order valence-electron chi connectivity index (χ2n) is 4.26. The Morgan fingerprint density at radius 1 is 1.62 bits per heavy atom. The maximum absolute atomic E-state index is 10.7. The van der Waals surface area contributed by atoms with Crippen molar-refractivity contribution in [2.45, 2.75) is 58.2 Å². The van der Waals surface area contributed by atoms with E-state index in [1.165, 1.54) is 0 Å². The van der Waals surface area contributed by atoms with Crippen molar-refractivity contribution in [3.8, 4) is 0 Å². The normalized spacial score (nSPS) is 34.9. The number of hydrogen-bond donors (Lipinski definition) is 0. The molecule has 0 aliphatic carbocycles. The van der Waals surface area contributed by atoms with Crippen LogP contribution in [0.4, 0.5) is 0 Å². The van der Waals surface area contributed by atoms with Gasteiger partial charge in [0.25, 0.3) is 0 Å². The summed E-state index contributed by atoms with van der Waals surface area (Å²) in [6.07, 6.45) is 4.93. The van der Waals surface area contributed by atoms with E-state index in [0.717, 1.165) is 32.0 Å². The van der Waals surface area contributed by atoms with Crippen molar-refractivity contribution in [3.63, 3.8) is 0 Å². The van der Waals surface area contributed by atoms with Crippen LogP contribution in [-0.2, 0) is 9.53 Å². The highest BCUT2D eigenvalue weighted by Gasteiger charge is 2.38. The zero-order valence-corrected chi connectivity index (χ0v) is 8.88. The number of ether oxygens (including phenoxy) is 1. The minimum atomic E-state index is -0.156. The van der Waals surface area contributed by atoms with Gasteiger partial charge in [-0.3, -0.25) is 0 Å². The Balaban J connectivity index is 2.69. The van der Waals surface area contributed by atoms with Crippen LogP contribution in [0.1, 0.15) is 46.5 Å². The smallest absolute Gasteiger partial charge is 0.148 e. The molecule has 2 atom stereocenters. The largest absolute Gasteiger partial charge is 0.364 e. The van der Waals surface area contributed by atoms with E-state index in [-0.39, 0.29) is 11.7 Å². The average molecular weight is 184 g/mol. The number of aldehydes is 1. The summed E-state index contributed by atoms with van der Waals surface area (Å²) in [4.78, 5) is 10.7. The highest BCUT2D eigenvalue weighted by atomic mass is 16.5. The molecule has 1 rings (SSSR count). The fraction of sp³-hybridized carbons (Fsp3) is 0.909. The summed E-state index contributed by atoms with van der Waals surface area (Å²) < 4.78 is 5.87. The summed E-state index contributed by atoms with van der Waals surface area (Å²) in [5.74, 6) is 0.500. The van der Waals surface area contributed by atoms with Crippen LogP contribution < -0.4 is 0 Å². The van der Waals surface area contributed by atoms with Crippen LogP contribution in [-0.4, -0.2) is 18.0 Å². The maximum atomic E-state index is 10.7. The zero-order valence-electron chi connectivity index (χ0n) is 8.88. The fourth-order valence-electron chi connectivity index (χ4n) is 2.21. The molecule has 2 unspecified atom stereocenters. The summed E-state index contributed by atoms with van der Waals surface area (Å²) in [5.41, 5.74) is -0.0379. The van der Waals surface area contributed by atoms with Gasteiger partial charge >= 0.3 is 0 Å². The second kappa shape index (κ2) is 4.23. The molecule has 76 valence electrons. The van der Waals surface area contributed by atoms with Crippen LogP contribution in [0, 0.1) is 5.92 Å². The number of hydrogen-bond acceptors (Lipinski definition) is 2. The lowest BCUT2D eigenvalue weighted by molar-refractivity contribution is -0.161. The van der Waals surface area contributed by atoms with Gasteiger partial charge in [0.1, 0.15) is 12.4 Å². The molecule has 0 saturated carbocycles. The quantitative estimate of drug-likeness (QED) is 0.630. The lowest BCUT2D eigenvalue weighted by atomic mass is 9.80. The van der Waals surface area contributed by atoms with Crippen LogP contribution in [0.5, 0.6) is 0 Å². The Labute approximate surface area is 80.7 Å². The van der Waals surface area contributed by atoms with Crippen molar-refractivity contribution < 1.29 is 9.53 Å². The molecule has 1 saturated heterocycles. The second-order valence-corrected chi connectivity index (χ2v) is 4.26. The van der Waals surface area contributed by atoms with Gasteiger partial charge in [-0.15, -0.1) is 0 Å². The number of carbonyl (C=O) groups excluding carboxylic acids is 1. The molecule has 1 aliphatic rings. The molecule has 1 aliphatic heterocycles. The minimum Gasteiger partial charge on any atom is -0.364 e. The van der Waals surface area contributed by atoms with Gasteiger partial charge in [-0.25, -0.2) is 0 Å². The van der Waals surface area contributed by atoms with Gasteiger partial charge in [0, 0.05) is 0 Å². The third-order valence-corrected chi connectivity index (χ3v) is 3.28. The molecule has 0 aromatic rings. The molecule has 13 heavy (non-hydrogen) atoms. The Hall–Kier alpha value is -0.370. The van der Waals surface area contributed by atoms with Gasteiger partial charge in [0.2, 0.25) is 0 Å². The summed E-state index contributed by atoms with van der Waals surface area (Å²) >= 11 is 0. The monoisotopic (exact) mass is 184 g/mol. The predicted octanol–water partition coefficient (Wildman–Crippen LogP) is 2.56. The van der Waals surface area contributed by atoms with Crippen LogP contribution in [0.3, 0.4) is 0 Å². The first-order valence-corrected chi connectivity index (χ1v) is 5.27. The average Bonchev–Trinajstić information content (AvgIpc) is 2.17. The van der Waals surface area contributed by atoms with Gasteiger partial charge in [-0.05, 0) is 31.6 Å². The van der Waals surface area contributed by atoms with Gasteiger partial charge < -0.3 is 9.53 Å². The molecule has 1 fully saturated rings. The molecular weight excluding hydrogens is 164 g/mol. The zero-order chi connectivity index (χ0) is 9.90. The first kappa shape index (κ1) is 10.7. The molecule has 0 radical (unpaired) electrons. The van der Waals surface area contributed by atoms with Crippen LogP contribution >= 0.6 is 0 Å². The standard InChI is InChI=1S/C11H20O2/c1-4-11(9(2)3)7-5-6-10(8-12)13-11/h8-10H,4-7H2,1-3H3. The highest BCUT2D eigenvalue weighted by molar-refractivity contribution is 5.56. The van der Waals surface area contributed by atoms with Crippen molar-refractivity contribution in [1.29, 1.82) is 0 Å². The van der Waals surface area contributed by atoms with E-state index in [1.807, 2.05) is 0 Å². The molecule has 0 spiro atoms. The molecule has 0 amide bonds. The van der Waals surface area contributed by atoms with Crippen LogP contribution in [0.25, 0.3) is 0 Å². The highest BCUT2D eigenvalue weighted by Crippen LogP contribution is 2.36. The summed E-state index contributed by atoms with van der Waals surface area (Å²) in [6, 6.07) is 0. The number of rotatable bonds is 3. The van der Waals surface area contributed by atoms with E-state index in [0.29, 0.717) is 5.92 Å².